The highest BCUT2D eigenvalue weighted by Crippen LogP contribution is 2.23. The molecule has 0 aliphatic carbocycles. The van der Waals surface area contributed by atoms with Crippen LogP contribution in [0.3, 0.4) is 0 Å². The summed E-state index contributed by atoms with van der Waals surface area (Å²) >= 11 is 0. The predicted molar refractivity (Wildman–Crippen MR) is 69.2 cm³/mol. The summed E-state index contributed by atoms with van der Waals surface area (Å²) < 4.78 is 38.8. The third kappa shape index (κ3) is 3.71. The molecule has 1 aromatic rings. The second kappa shape index (κ2) is 6.25. The molecule has 1 unspecified atom stereocenters. The van der Waals surface area contributed by atoms with Crippen LogP contribution in [0.4, 0.5) is 10.1 Å². The van der Waals surface area contributed by atoms with Crippen LogP contribution >= 0.6 is 0 Å². The van der Waals surface area contributed by atoms with Crippen LogP contribution in [0, 0.1) is 15.9 Å². The highest BCUT2D eigenvalue weighted by atomic mass is 32.2. The summed E-state index contributed by atoms with van der Waals surface area (Å²) in [4.78, 5) is 9.04. The molecule has 7 nitrogen and oxygen atoms in total. The first-order valence-electron chi connectivity index (χ1n) is 5.74. The summed E-state index contributed by atoms with van der Waals surface area (Å²) in [5, 5.41) is 19.6. The molecule has 0 spiro atoms. The van der Waals surface area contributed by atoms with Crippen molar-refractivity contribution in [1.29, 1.82) is 0 Å². The zero-order valence-corrected chi connectivity index (χ0v) is 11.8. The molecule has 1 atom stereocenters. The van der Waals surface area contributed by atoms with Gasteiger partial charge in [-0.15, -0.1) is 0 Å². The molecule has 0 aliphatic heterocycles. The Bertz CT molecular complexity index is 603. The quantitative estimate of drug-likeness (QED) is 0.627. The first-order chi connectivity index (χ1) is 9.16. The molecular formula is C11H15FN2O5S. The molecule has 20 heavy (non-hydrogen) atoms. The Morgan fingerprint density at radius 2 is 2.10 bits per heavy atom. The van der Waals surface area contributed by atoms with E-state index in [1.807, 2.05) is 0 Å². The number of sulfonamides is 1. The lowest BCUT2D eigenvalue weighted by atomic mass is 10.3. The molecule has 9 heteroatoms. The van der Waals surface area contributed by atoms with Crippen molar-refractivity contribution in [2.75, 3.05) is 13.6 Å². The summed E-state index contributed by atoms with van der Waals surface area (Å²) in [6.45, 7) is 1.52. The minimum absolute atomic E-state index is 0.0103. The molecule has 0 bridgehead atoms. The van der Waals surface area contributed by atoms with Crippen LogP contribution in [-0.2, 0) is 10.0 Å². The second-order valence-corrected chi connectivity index (χ2v) is 6.35. The number of nitro groups is 1. The lowest BCUT2D eigenvalue weighted by molar-refractivity contribution is -0.385. The van der Waals surface area contributed by atoms with Crippen molar-refractivity contribution in [1.82, 2.24) is 4.31 Å². The molecule has 0 aliphatic rings. The van der Waals surface area contributed by atoms with Crippen molar-refractivity contribution in [3.63, 3.8) is 0 Å². The zero-order valence-electron chi connectivity index (χ0n) is 11.0. The van der Waals surface area contributed by atoms with Crippen LogP contribution in [-0.4, -0.2) is 42.4 Å². The van der Waals surface area contributed by atoms with Gasteiger partial charge < -0.3 is 5.11 Å². The van der Waals surface area contributed by atoms with Gasteiger partial charge >= 0.3 is 0 Å². The predicted octanol–water partition coefficient (Wildman–Crippen LogP) is 1.13. The van der Waals surface area contributed by atoms with Crippen LogP contribution in [0.2, 0.25) is 0 Å². The van der Waals surface area contributed by atoms with E-state index in [9.17, 15) is 22.9 Å². The van der Waals surface area contributed by atoms with E-state index in [-0.39, 0.29) is 13.0 Å². The van der Waals surface area contributed by atoms with E-state index in [0.717, 1.165) is 16.4 Å². The van der Waals surface area contributed by atoms with Gasteiger partial charge in [0.05, 0.1) is 17.1 Å². The first kappa shape index (κ1) is 16.5. The summed E-state index contributed by atoms with van der Waals surface area (Å²) in [6, 6.07) is 2.36. The van der Waals surface area contributed by atoms with Gasteiger partial charge in [-0.2, -0.15) is 0 Å². The summed E-state index contributed by atoms with van der Waals surface area (Å²) in [6.07, 6.45) is -0.487. The highest BCUT2D eigenvalue weighted by Gasteiger charge is 2.26. The van der Waals surface area contributed by atoms with E-state index in [1.54, 1.807) is 0 Å². The monoisotopic (exact) mass is 306 g/mol. The van der Waals surface area contributed by atoms with E-state index < -0.39 is 37.5 Å². The van der Waals surface area contributed by atoms with Crippen molar-refractivity contribution in [2.45, 2.75) is 24.3 Å². The molecule has 0 radical (unpaired) electrons. The number of aliphatic hydroxyl groups excluding tert-OH is 1. The molecule has 0 saturated heterocycles. The zero-order chi connectivity index (χ0) is 15.5. The SMILES string of the molecule is CC(O)CCN(C)S(=O)(=O)c1ccc([N+](=O)[O-])cc1F. The number of nitrogens with zero attached hydrogens (tertiary/aromatic N) is 2. The fourth-order valence-corrected chi connectivity index (χ4v) is 2.70. The van der Waals surface area contributed by atoms with E-state index in [0.29, 0.717) is 6.07 Å². The second-order valence-electron chi connectivity index (χ2n) is 4.34. The van der Waals surface area contributed by atoms with Crippen LogP contribution < -0.4 is 0 Å². The van der Waals surface area contributed by atoms with E-state index in [2.05, 4.69) is 0 Å². The van der Waals surface area contributed by atoms with Gasteiger partial charge in [-0.3, -0.25) is 10.1 Å². The number of non-ortho nitro benzene ring substituents is 1. The van der Waals surface area contributed by atoms with Gasteiger partial charge in [0.25, 0.3) is 5.69 Å². The standard InChI is InChI=1S/C11H15FN2O5S/c1-8(15)5-6-13(2)20(18,19)11-4-3-9(14(16)17)7-10(11)12/h3-4,7-8,15H,5-6H2,1-2H3. The third-order valence-electron chi connectivity index (χ3n) is 2.68. The van der Waals surface area contributed by atoms with Crippen molar-refractivity contribution in [2.24, 2.45) is 0 Å². The largest absolute Gasteiger partial charge is 0.393 e. The Balaban J connectivity index is 3.06. The number of aliphatic hydroxyl groups is 1. The Labute approximate surface area is 115 Å². The van der Waals surface area contributed by atoms with Crippen molar-refractivity contribution in [3.05, 3.63) is 34.1 Å². The lowest BCUT2D eigenvalue weighted by Gasteiger charge is -2.18. The molecule has 0 saturated carbocycles. The number of hydrogen-bond acceptors (Lipinski definition) is 5. The van der Waals surface area contributed by atoms with Crippen LogP contribution in [0.1, 0.15) is 13.3 Å². The van der Waals surface area contributed by atoms with Crippen molar-refractivity contribution < 1.29 is 22.8 Å². The Hall–Kier alpha value is -1.58. The summed E-state index contributed by atoms with van der Waals surface area (Å²) in [5.41, 5.74) is -0.520. The lowest BCUT2D eigenvalue weighted by Crippen LogP contribution is -2.30. The highest BCUT2D eigenvalue weighted by molar-refractivity contribution is 7.89. The van der Waals surface area contributed by atoms with E-state index in [4.69, 9.17) is 5.11 Å². The smallest absolute Gasteiger partial charge is 0.272 e. The van der Waals surface area contributed by atoms with Crippen LogP contribution in [0.15, 0.2) is 23.1 Å². The molecule has 0 heterocycles. The molecule has 1 rings (SSSR count). The number of rotatable bonds is 6. The van der Waals surface area contributed by atoms with Gasteiger partial charge in [-0.05, 0) is 19.4 Å². The maximum absolute atomic E-state index is 13.7. The number of halogens is 1. The maximum Gasteiger partial charge on any atom is 0.272 e. The average molecular weight is 306 g/mol. The van der Waals surface area contributed by atoms with Gasteiger partial charge in [0, 0.05) is 19.7 Å². The maximum atomic E-state index is 13.7. The molecule has 0 aromatic heterocycles. The van der Waals surface area contributed by atoms with Gasteiger partial charge in [0.15, 0.2) is 0 Å². The molecule has 1 N–H and O–H groups in total. The van der Waals surface area contributed by atoms with Crippen LogP contribution in [0.5, 0.6) is 0 Å². The van der Waals surface area contributed by atoms with Gasteiger partial charge in [-0.1, -0.05) is 0 Å². The minimum Gasteiger partial charge on any atom is -0.393 e. The topological polar surface area (TPSA) is 101 Å². The third-order valence-corrected chi connectivity index (χ3v) is 4.57. The van der Waals surface area contributed by atoms with E-state index in [1.165, 1.54) is 14.0 Å². The Morgan fingerprint density at radius 1 is 1.50 bits per heavy atom. The minimum atomic E-state index is -4.08. The summed E-state index contributed by atoms with van der Waals surface area (Å²) in [7, 11) is -2.83. The van der Waals surface area contributed by atoms with Crippen molar-refractivity contribution >= 4 is 15.7 Å². The Kier molecular flexibility index (Phi) is 5.15. The molecule has 1 aromatic carbocycles. The normalized spacial score (nSPS) is 13.4. The summed E-state index contributed by atoms with van der Waals surface area (Å²) in [5.74, 6) is -1.18. The molecule has 0 fully saturated rings. The molecule has 0 amide bonds. The van der Waals surface area contributed by atoms with Gasteiger partial charge in [-0.25, -0.2) is 17.1 Å². The number of hydrogen-bond donors (Lipinski definition) is 1. The van der Waals surface area contributed by atoms with Crippen LogP contribution in [0.25, 0.3) is 0 Å². The van der Waals surface area contributed by atoms with Gasteiger partial charge in [0.1, 0.15) is 10.7 Å². The van der Waals surface area contributed by atoms with Gasteiger partial charge in [0.2, 0.25) is 10.0 Å². The molecular weight excluding hydrogens is 291 g/mol. The fourth-order valence-electron chi connectivity index (χ4n) is 1.47. The number of nitro benzene ring substituents is 1. The Morgan fingerprint density at radius 3 is 2.55 bits per heavy atom. The average Bonchev–Trinajstić information content (AvgIpc) is 2.35. The number of benzene rings is 1. The van der Waals surface area contributed by atoms with E-state index >= 15 is 0 Å². The fraction of sp³-hybridized carbons (Fsp3) is 0.455. The van der Waals surface area contributed by atoms with Crippen molar-refractivity contribution in [3.8, 4) is 0 Å². The first-order valence-corrected chi connectivity index (χ1v) is 7.18. The molecule has 112 valence electrons.